The fourth-order valence-corrected chi connectivity index (χ4v) is 3.20. The third kappa shape index (κ3) is 6.19. The molecule has 2 aromatic rings. The van der Waals surface area contributed by atoms with E-state index in [1.807, 2.05) is 6.07 Å². The summed E-state index contributed by atoms with van der Waals surface area (Å²) in [5, 5.41) is 6.54. The monoisotopic (exact) mass is 399 g/mol. The predicted molar refractivity (Wildman–Crippen MR) is 114 cm³/mol. The molecule has 0 radical (unpaired) electrons. The van der Waals surface area contributed by atoms with Crippen molar-refractivity contribution in [2.24, 2.45) is 10.9 Å². The summed E-state index contributed by atoms with van der Waals surface area (Å²) < 4.78 is 25.3. The number of ether oxygens (including phenoxy) is 2. The Bertz CT molecular complexity index is 848. The molecule has 2 N–H and O–H groups in total. The van der Waals surface area contributed by atoms with E-state index in [1.54, 1.807) is 26.1 Å². The molecule has 1 unspecified atom stereocenters. The van der Waals surface area contributed by atoms with Crippen LogP contribution in [0.5, 0.6) is 5.75 Å². The fraction of sp³-hybridized carbons (Fsp3) is 0.435. The highest BCUT2D eigenvalue weighted by Crippen LogP contribution is 2.22. The van der Waals surface area contributed by atoms with E-state index in [9.17, 15) is 4.39 Å². The van der Waals surface area contributed by atoms with Gasteiger partial charge in [-0.1, -0.05) is 24.3 Å². The van der Waals surface area contributed by atoms with E-state index in [1.165, 1.54) is 0 Å². The average molecular weight is 400 g/mol. The Morgan fingerprint density at radius 1 is 1.17 bits per heavy atom. The van der Waals surface area contributed by atoms with E-state index < -0.39 is 0 Å². The van der Waals surface area contributed by atoms with Crippen molar-refractivity contribution in [3.8, 4) is 5.75 Å². The largest absolute Gasteiger partial charge is 0.493 e. The van der Waals surface area contributed by atoms with Gasteiger partial charge in [0.15, 0.2) is 5.96 Å². The maximum atomic E-state index is 13.7. The van der Waals surface area contributed by atoms with E-state index in [4.69, 9.17) is 9.47 Å². The summed E-state index contributed by atoms with van der Waals surface area (Å²) in [5.74, 6) is 1.81. The van der Waals surface area contributed by atoms with Gasteiger partial charge in [-0.2, -0.15) is 0 Å². The molecular formula is C23H30FN3O2. The van der Waals surface area contributed by atoms with Gasteiger partial charge in [0.1, 0.15) is 11.6 Å². The fourth-order valence-electron chi connectivity index (χ4n) is 3.20. The molecule has 1 aliphatic rings. The van der Waals surface area contributed by atoms with Crippen LogP contribution in [-0.4, -0.2) is 32.8 Å². The highest BCUT2D eigenvalue weighted by Gasteiger charge is 2.17. The lowest BCUT2D eigenvalue weighted by Gasteiger charge is -2.17. The molecule has 1 fully saturated rings. The summed E-state index contributed by atoms with van der Waals surface area (Å²) in [6.45, 7) is 7.16. The minimum Gasteiger partial charge on any atom is -0.493 e. The van der Waals surface area contributed by atoms with Crippen LogP contribution in [0.2, 0.25) is 0 Å². The Balaban J connectivity index is 1.56. The highest BCUT2D eigenvalue weighted by molar-refractivity contribution is 5.79. The smallest absolute Gasteiger partial charge is 0.191 e. The molecule has 2 aromatic carbocycles. The standard InChI is InChI=1S/C23H30FN3O2/c1-16-4-7-20(22(10-16)29-15-19-8-9-28-14-19)13-27-23(25-3)26-12-18-6-5-17(2)21(24)11-18/h4-7,10-11,19H,8-9,12-15H2,1-3H3,(H2,25,26,27). The van der Waals surface area contributed by atoms with Gasteiger partial charge in [-0.15, -0.1) is 0 Å². The lowest BCUT2D eigenvalue weighted by Crippen LogP contribution is -2.36. The van der Waals surface area contributed by atoms with Crippen LogP contribution in [0.1, 0.15) is 28.7 Å². The number of benzene rings is 2. The van der Waals surface area contributed by atoms with Crippen molar-refractivity contribution in [2.75, 3.05) is 26.9 Å². The predicted octanol–water partition coefficient (Wildman–Crippen LogP) is 3.72. The molecule has 29 heavy (non-hydrogen) atoms. The van der Waals surface area contributed by atoms with Gasteiger partial charge in [-0.05, 0) is 49.1 Å². The number of nitrogens with zero attached hydrogens (tertiary/aromatic N) is 1. The van der Waals surface area contributed by atoms with E-state index in [-0.39, 0.29) is 5.82 Å². The van der Waals surface area contributed by atoms with Crippen molar-refractivity contribution in [1.82, 2.24) is 10.6 Å². The number of hydrogen-bond donors (Lipinski definition) is 2. The Morgan fingerprint density at radius 3 is 2.72 bits per heavy atom. The summed E-state index contributed by atoms with van der Waals surface area (Å²) >= 11 is 0. The number of guanidine groups is 1. The Morgan fingerprint density at radius 2 is 2.00 bits per heavy atom. The van der Waals surface area contributed by atoms with E-state index in [0.717, 1.165) is 42.1 Å². The highest BCUT2D eigenvalue weighted by atomic mass is 19.1. The van der Waals surface area contributed by atoms with Gasteiger partial charge in [0.2, 0.25) is 0 Å². The van der Waals surface area contributed by atoms with Crippen LogP contribution in [-0.2, 0) is 17.8 Å². The molecule has 6 heteroatoms. The topological polar surface area (TPSA) is 54.9 Å². The van der Waals surface area contributed by atoms with Gasteiger partial charge in [-0.25, -0.2) is 4.39 Å². The first kappa shape index (κ1) is 21.1. The minimum atomic E-state index is -0.193. The van der Waals surface area contributed by atoms with Gasteiger partial charge in [0.05, 0.1) is 13.2 Å². The van der Waals surface area contributed by atoms with Crippen LogP contribution in [0, 0.1) is 25.6 Å². The maximum absolute atomic E-state index is 13.7. The lowest BCUT2D eigenvalue weighted by atomic mass is 10.1. The average Bonchev–Trinajstić information content (AvgIpc) is 3.24. The second kappa shape index (κ2) is 10.3. The van der Waals surface area contributed by atoms with Crippen molar-refractivity contribution >= 4 is 5.96 Å². The third-order valence-corrected chi connectivity index (χ3v) is 5.09. The van der Waals surface area contributed by atoms with Gasteiger partial charge >= 0.3 is 0 Å². The van der Waals surface area contributed by atoms with Crippen LogP contribution < -0.4 is 15.4 Å². The van der Waals surface area contributed by atoms with Crippen molar-refractivity contribution < 1.29 is 13.9 Å². The number of halogens is 1. The zero-order valence-electron chi connectivity index (χ0n) is 17.4. The third-order valence-electron chi connectivity index (χ3n) is 5.09. The number of nitrogens with one attached hydrogen (secondary N) is 2. The van der Waals surface area contributed by atoms with Gasteiger partial charge < -0.3 is 20.1 Å². The molecule has 3 rings (SSSR count). The zero-order chi connectivity index (χ0) is 20.6. The van der Waals surface area contributed by atoms with Gasteiger partial charge in [-0.3, -0.25) is 4.99 Å². The summed E-state index contributed by atoms with van der Waals surface area (Å²) in [4.78, 5) is 4.26. The molecule has 0 saturated carbocycles. The maximum Gasteiger partial charge on any atom is 0.191 e. The first-order chi connectivity index (χ1) is 14.0. The molecule has 0 spiro atoms. The second-order valence-electron chi connectivity index (χ2n) is 7.51. The molecule has 0 aromatic heterocycles. The number of hydrogen-bond acceptors (Lipinski definition) is 3. The molecule has 5 nitrogen and oxygen atoms in total. The van der Waals surface area contributed by atoms with Crippen LogP contribution in [0.4, 0.5) is 4.39 Å². The lowest BCUT2D eigenvalue weighted by molar-refractivity contribution is 0.166. The first-order valence-corrected chi connectivity index (χ1v) is 10.0. The number of rotatable bonds is 7. The van der Waals surface area contributed by atoms with Gasteiger partial charge in [0, 0.05) is 38.2 Å². The SMILES string of the molecule is CN=C(NCc1ccc(C)c(F)c1)NCc1ccc(C)cc1OCC1CCOC1. The van der Waals surface area contributed by atoms with Gasteiger partial charge in [0.25, 0.3) is 0 Å². The molecule has 1 heterocycles. The molecule has 0 amide bonds. The summed E-state index contributed by atoms with van der Waals surface area (Å²) in [5.41, 5.74) is 3.75. The van der Waals surface area contributed by atoms with Crippen LogP contribution in [0.15, 0.2) is 41.4 Å². The normalized spacial score (nSPS) is 16.7. The first-order valence-electron chi connectivity index (χ1n) is 10.0. The quantitative estimate of drug-likeness (QED) is 0.550. The molecular weight excluding hydrogens is 369 g/mol. The van der Waals surface area contributed by atoms with Crippen LogP contribution in [0.25, 0.3) is 0 Å². The molecule has 1 aliphatic heterocycles. The number of aryl methyl sites for hydroxylation is 2. The van der Waals surface area contributed by atoms with Crippen molar-refractivity contribution in [3.63, 3.8) is 0 Å². The minimum absolute atomic E-state index is 0.193. The van der Waals surface area contributed by atoms with E-state index >= 15 is 0 Å². The molecule has 156 valence electrons. The van der Waals surface area contributed by atoms with Crippen molar-refractivity contribution in [3.05, 3.63) is 64.5 Å². The van der Waals surface area contributed by atoms with Crippen LogP contribution in [0.3, 0.4) is 0 Å². The summed E-state index contributed by atoms with van der Waals surface area (Å²) in [7, 11) is 1.72. The molecule has 1 saturated heterocycles. The molecule has 1 atom stereocenters. The van der Waals surface area contributed by atoms with Crippen molar-refractivity contribution in [1.29, 1.82) is 0 Å². The Hall–Kier alpha value is -2.60. The summed E-state index contributed by atoms with van der Waals surface area (Å²) in [6, 6.07) is 11.5. The second-order valence-corrected chi connectivity index (χ2v) is 7.51. The Labute approximate surface area is 172 Å². The zero-order valence-corrected chi connectivity index (χ0v) is 17.4. The van der Waals surface area contributed by atoms with Crippen molar-refractivity contribution in [2.45, 2.75) is 33.4 Å². The molecule has 0 bridgehead atoms. The van der Waals surface area contributed by atoms with E-state index in [0.29, 0.717) is 37.1 Å². The molecule has 0 aliphatic carbocycles. The number of aliphatic imine (C=N–C) groups is 1. The van der Waals surface area contributed by atoms with E-state index in [2.05, 4.69) is 40.7 Å². The Kier molecular flexibility index (Phi) is 7.47. The summed E-state index contributed by atoms with van der Waals surface area (Å²) in [6.07, 6.45) is 1.05. The van der Waals surface area contributed by atoms with Crippen LogP contribution >= 0.6 is 0 Å².